The standard InChI is InChI=1S/C23H20FN3O3/c1-2-30-19-13-7-16(8-14-19)15-25-27-23(29)20-5-3-4-6-21(20)26-22(28)17-9-11-18(24)12-10-17/h3-15H,2H2,1H3,(H,26,28)(H,27,29)/b25-15-. The van der Waals surface area contributed by atoms with Crippen LogP contribution in [0.1, 0.15) is 33.2 Å². The van der Waals surface area contributed by atoms with Crippen LogP contribution in [-0.4, -0.2) is 24.6 Å². The van der Waals surface area contributed by atoms with E-state index in [1.165, 1.54) is 30.5 Å². The zero-order chi connectivity index (χ0) is 21.3. The second-order valence-corrected chi connectivity index (χ2v) is 6.21. The maximum absolute atomic E-state index is 13.0. The van der Waals surface area contributed by atoms with Crippen molar-refractivity contribution < 1.29 is 18.7 Å². The fourth-order valence-electron chi connectivity index (χ4n) is 2.63. The quantitative estimate of drug-likeness (QED) is 0.456. The van der Waals surface area contributed by atoms with Crippen molar-refractivity contribution in [2.75, 3.05) is 11.9 Å². The lowest BCUT2D eigenvalue weighted by Crippen LogP contribution is -2.21. The summed E-state index contributed by atoms with van der Waals surface area (Å²) in [4.78, 5) is 24.9. The summed E-state index contributed by atoms with van der Waals surface area (Å²) in [6, 6.07) is 18.9. The number of ether oxygens (including phenoxy) is 1. The Morgan fingerprint density at radius 1 is 0.967 bits per heavy atom. The summed E-state index contributed by atoms with van der Waals surface area (Å²) in [5, 5.41) is 6.63. The maximum Gasteiger partial charge on any atom is 0.273 e. The SMILES string of the molecule is CCOc1ccc(/C=N\NC(=O)c2ccccc2NC(=O)c2ccc(F)cc2)cc1. The molecule has 3 aromatic carbocycles. The summed E-state index contributed by atoms with van der Waals surface area (Å²) in [5.41, 5.74) is 4.08. The molecule has 0 saturated carbocycles. The molecule has 0 atom stereocenters. The molecule has 0 fully saturated rings. The van der Waals surface area contributed by atoms with Crippen molar-refractivity contribution in [1.82, 2.24) is 5.43 Å². The van der Waals surface area contributed by atoms with Crippen molar-refractivity contribution >= 4 is 23.7 Å². The third-order valence-electron chi connectivity index (χ3n) is 4.10. The molecule has 0 heterocycles. The first-order valence-electron chi connectivity index (χ1n) is 9.29. The lowest BCUT2D eigenvalue weighted by Gasteiger charge is -2.10. The highest BCUT2D eigenvalue weighted by molar-refractivity contribution is 6.09. The molecule has 0 saturated heterocycles. The number of para-hydroxylation sites is 1. The van der Waals surface area contributed by atoms with Crippen LogP contribution in [0.2, 0.25) is 0 Å². The fraction of sp³-hybridized carbons (Fsp3) is 0.0870. The number of carbonyl (C=O) groups excluding carboxylic acids is 2. The number of hydrogen-bond donors (Lipinski definition) is 2. The van der Waals surface area contributed by atoms with E-state index < -0.39 is 17.6 Å². The van der Waals surface area contributed by atoms with Gasteiger partial charge < -0.3 is 10.1 Å². The van der Waals surface area contributed by atoms with Crippen LogP contribution >= 0.6 is 0 Å². The summed E-state index contributed by atoms with van der Waals surface area (Å²) in [6.07, 6.45) is 1.51. The number of rotatable bonds is 7. The van der Waals surface area contributed by atoms with Gasteiger partial charge in [-0.05, 0) is 73.2 Å². The molecule has 0 aliphatic carbocycles. The van der Waals surface area contributed by atoms with Gasteiger partial charge in [-0.2, -0.15) is 5.10 Å². The monoisotopic (exact) mass is 405 g/mol. The summed E-state index contributed by atoms with van der Waals surface area (Å²) in [7, 11) is 0. The molecule has 2 N–H and O–H groups in total. The van der Waals surface area contributed by atoms with Crippen molar-refractivity contribution in [3.63, 3.8) is 0 Å². The number of amides is 2. The predicted octanol–water partition coefficient (Wildman–Crippen LogP) is 4.24. The van der Waals surface area contributed by atoms with Gasteiger partial charge in [0, 0.05) is 5.56 Å². The lowest BCUT2D eigenvalue weighted by molar-refractivity contribution is 0.0956. The molecule has 0 aliphatic rings. The van der Waals surface area contributed by atoms with E-state index in [0.717, 1.165) is 11.3 Å². The van der Waals surface area contributed by atoms with Crippen molar-refractivity contribution in [2.45, 2.75) is 6.92 Å². The molecular formula is C23H20FN3O3. The average Bonchev–Trinajstić information content (AvgIpc) is 2.76. The van der Waals surface area contributed by atoms with E-state index in [1.807, 2.05) is 31.2 Å². The highest BCUT2D eigenvalue weighted by atomic mass is 19.1. The second-order valence-electron chi connectivity index (χ2n) is 6.21. The van der Waals surface area contributed by atoms with Gasteiger partial charge in [0.15, 0.2) is 0 Å². The van der Waals surface area contributed by atoms with Crippen LogP contribution in [0.5, 0.6) is 5.75 Å². The Morgan fingerprint density at radius 3 is 2.37 bits per heavy atom. The van der Waals surface area contributed by atoms with Crippen molar-refractivity contribution in [3.05, 3.63) is 95.3 Å². The second kappa shape index (κ2) is 9.97. The number of halogens is 1. The van der Waals surface area contributed by atoms with Gasteiger partial charge in [-0.15, -0.1) is 0 Å². The van der Waals surface area contributed by atoms with Gasteiger partial charge in [0.2, 0.25) is 0 Å². The highest BCUT2D eigenvalue weighted by Gasteiger charge is 2.13. The third kappa shape index (κ3) is 5.51. The fourth-order valence-corrected chi connectivity index (χ4v) is 2.63. The summed E-state index contributed by atoms with van der Waals surface area (Å²) in [5.74, 6) is -0.610. The topological polar surface area (TPSA) is 79.8 Å². The molecule has 6 nitrogen and oxygen atoms in total. The minimum absolute atomic E-state index is 0.247. The number of benzene rings is 3. The van der Waals surface area contributed by atoms with Crippen LogP contribution in [-0.2, 0) is 0 Å². The molecule has 0 spiro atoms. The normalized spacial score (nSPS) is 10.6. The van der Waals surface area contributed by atoms with E-state index in [2.05, 4.69) is 15.8 Å². The van der Waals surface area contributed by atoms with Gasteiger partial charge in [0.25, 0.3) is 11.8 Å². The Hall–Kier alpha value is -4.00. The van der Waals surface area contributed by atoms with Crippen LogP contribution in [0.4, 0.5) is 10.1 Å². The van der Waals surface area contributed by atoms with Crippen LogP contribution in [0.25, 0.3) is 0 Å². The zero-order valence-corrected chi connectivity index (χ0v) is 16.3. The third-order valence-corrected chi connectivity index (χ3v) is 4.10. The van der Waals surface area contributed by atoms with Crippen LogP contribution in [0, 0.1) is 5.82 Å². The van der Waals surface area contributed by atoms with Crippen LogP contribution < -0.4 is 15.5 Å². The molecule has 7 heteroatoms. The summed E-state index contributed by atoms with van der Waals surface area (Å²) in [6.45, 7) is 2.49. The number of nitrogens with zero attached hydrogens (tertiary/aromatic N) is 1. The Labute approximate surface area is 173 Å². The number of nitrogens with one attached hydrogen (secondary N) is 2. The van der Waals surface area contributed by atoms with E-state index in [-0.39, 0.29) is 11.1 Å². The number of hydrazone groups is 1. The summed E-state index contributed by atoms with van der Waals surface area (Å²) >= 11 is 0. The number of hydrogen-bond acceptors (Lipinski definition) is 4. The van der Waals surface area contributed by atoms with E-state index >= 15 is 0 Å². The van der Waals surface area contributed by atoms with Gasteiger partial charge >= 0.3 is 0 Å². The van der Waals surface area contributed by atoms with E-state index in [4.69, 9.17) is 4.74 Å². The van der Waals surface area contributed by atoms with E-state index in [9.17, 15) is 14.0 Å². The summed E-state index contributed by atoms with van der Waals surface area (Å²) < 4.78 is 18.4. The van der Waals surface area contributed by atoms with Gasteiger partial charge in [-0.25, -0.2) is 9.82 Å². The van der Waals surface area contributed by atoms with Crippen LogP contribution in [0.3, 0.4) is 0 Å². The minimum Gasteiger partial charge on any atom is -0.494 e. The van der Waals surface area contributed by atoms with Crippen LogP contribution in [0.15, 0.2) is 77.9 Å². The van der Waals surface area contributed by atoms with Crippen molar-refractivity contribution in [3.8, 4) is 5.75 Å². The van der Waals surface area contributed by atoms with Crippen molar-refractivity contribution in [1.29, 1.82) is 0 Å². The van der Waals surface area contributed by atoms with Gasteiger partial charge in [-0.1, -0.05) is 12.1 Å². The molecule has 3 rings (SSSR count). The lowest BCUT2D eigenvalue weighted by atomic mass is 10.1. The first kappa shape index (κ1) is 20.7. The average molecular weight is 405 g/mol. The molecule has 0 bridgehead atoms. The number of anilines is 1. The minimum atomic E-state index is -0.479. The molecule has 0 radical (unpaired) electrons. The zero-order valence-electron chi connectivity index (χ0n) is 16.3. The van der Waals surface area contributed by atoms with Gasteiger partial charge in [0.05, 0.1) is 24.1 Å². The molecule has 0 unspecified atom stereocenters. The van der Waals surface area contributed by atoms with E-state index in [1.54, 1.807) is 24.3 Å². The molecule has 2 amide bonds. The molecule has 3 aromatic rings. The maximum atomic E-state index is 13.0. The largest absolute Gasteiger partial charge is 0.494 e. The van der Waals surface area contributed by atoms with Gasteiger partial charge in [0.1, 0.15) is 11.6 Å². The predicted molar refractivity (Wildman–Crippen MR) is 113 cm³/mol. The molecular weight excluding hydrogens is 385 g/mol. The Balaban J connectivity index is 1.66. The molecule has 0 aliphatic heterocycles. The van der Waals surface area contributed by atoms with Gasteiger partial charge in [-0.3, -0.25) is 9.59 Å². The molecule has 152 valence electrons. The Morgan fingerprint density at radius 2 is 1.67 bits per heavy atom. The van der Waals surface area contributed by atoms with Crippen molar-refractivity contribution in [2.24, 2.45) is 5.10 Å². The van der Waals surface area contributed by atoms with E-state index in [0.29, 0.717) is 12.3 Å². The number of carbonyl (C=O) groups is 2. The first-order chi connectivity index (χ1) is 14.6. The first-order valence-corrected chi connectivity index (χ1v) is 9.29. The molecule has 30 heavy (non-hydrogen) atoms. The Kier molecular flexibility index (Phi) is 6.89. The Bertz CT molecular complexity index is 1050. The molecule has 0 aromatic heterocycles. The highest BCUT2D eigenvalue weighted by Crippen LogP contribution is 2.17. The smallest absolute Gasteiger partial charge is 0.273 e.